The van der Waals surface area contributed by atoms with Gasteiger partial charge in [-0.3, -0.25) is 4.18 Å². The molecule has 2 rings (SSSR count). The quantitative estimate of drug-likeness (QED) is 0.568. The molecule has 2 aromatic rings. The van der Waals surface area contributed by atoms with Crippen molar-refractivity contribution in [2.45, 2.75) is 18.2 Å². The summed E-state index contributed by atoms with van der Waals surface area (Å²) in [6.07, 6.45) is 0.466. The number of rotatable bonds is 7. The standard InChI is InChI=1S/C16H17ClO4S/c1-13-3-9-16(10-4-13)22(18,19)21-12-2-11-20-15-7-5-14(17)6-8-15/h3-10H,2,11-12H2,1H3. The molecular formula is C16H17ClO4S. The van der Waals surface area contributed by atoms with Crippen molar-refractivity contribution in [1.82, 2.24) is 0 Å². The van der Waals surface area contributed by atoms with Gasteiger partial charge in [0.25, 0.3) is 10.1 Å². The topological polar surface area (TPSA) is 52.6 Å². The van der Waals surface area contributed by atoms with E-state index in [1.54, 1.807) is 36.4 Å². The van der Waals surface area contributed by atoms with Crippen LogP contribution in [0.4, 0.5) is 0 Å². The molecule has 0 bridgehead atoms. The second-order valence-corrected chi connectivity index (χ2v) is 6.80. The summed E-state index contributed by atoms with van der Waals surface area (Å²) < 4.78 is 34.3. The van der Waals surface area contributed by atoms with Gasteiger partial charge in [-0.1, -0.05) is 29.3 Å². The summed E-state index contributed by atoms with van der Waals surface area (Å²) in [5, 5.41) is 0.639. The average Bonchev–Trinajstić information content (AvgIpc) is 2.49. The van der Waals surface area contributed by atoms with Gasteiger partial charge < -0.3 is 4.74 Å². The summed E-state index contributed by atoms with van der Waals surface area (Å²) in [5.41, 5.74) is 0.996. The van der Waals surface area contributed by atoms with Crippen LogP contribution in [-0.4, -0.2) is 21.6 Å². The highest BCUT2D eigenvalue weighted by Gasteiger charge is 2.14. The Morgan fingerprint density at radius 3 is 2.23 bits per heavy atom. The first-order chi connectivity index (χ1) is 10.5. The molecule has 0 aliphatic carbocycles. The van der Waals surface area contributed by atoms with Gasteiger partial charge in [0.2, 0.25) is 0 Å². The van der Waals surface area contributed by atoms with Crippen LogP contribution in [0.2, 0.25) is 5.02 Å². The van der Waals surface area contributed by atoms with Crippen molar-refractivity contribution in [2.75, 3.05) is 13.2 Å². The van der Waals surface area contributed by atoms with Crippen LogP contribution in [0.1, 0.15) is 12.0 Å². The molecular weight excluding hydrogens is 324 g/mol. The van der Waals surface area contributed by atoms with Gasteiger partial charge in [0.05, 0.1) is 18.1 Å². The van der Waals surface area contributed by atoms with E-state index in [2.05, 4.69) is 0 Å². The molecule has 0 N–H and O–H groups in total. The lowest BCUT2D eigenvalue weighted by Gasteiger charge is -2.08. The first-order valence-electron chi connectivity index (χ1n) is 6.82. The van der Waals surface area contributed by atoms with Gasteiger partial charge in [0.15, 0.2) is 0 Å². The smallest absolute Gasteiger partial charge is 0.296 e. The number of ether oxygens (including phenoxy) is 1. The van der Waals surface area contributed by atoms with Gasteiger partial charge in [-0.15, -0.1) is 0 Å². The third-order valence-electron chi connectivity index (χ3n) is 2.92. The summed E-state index contributed by atoms with van der Waals surface area (Å²) >= 11 is 5.77. The highest BCUT2D eigenvalue weighted by Crippen LogP contribution is 2.16. The number of hydrogen-bond acceptors (Lipinski definition) is 4. The summed E-state index contributed by atoms with van der Waals surface area (Å²) in [6.45, 7) is 2.33. The number of halogens is 1. The highest BCUT2D eigenvalue weighted by atomic mass is 35.5. The fourth-order valence-corrected chi connectivity index (χ4v) is 2.79. The van der Waals surface area contributed by atoms with Gasteiger partial charge in [0, 0.05) is 11.4 Å². The normalized spacial score (nSPS) is 11.4. The molecule has 0 heterocycles. The number of aryl methyl sites for hydroxylation is 1. The van der Waals surface area contributed by atoms with Crippen molar-refractivity contribution in [3.63, 3.8) is 0 Å². The second-order valence-electron chi connectivity index (χ2n) is 4.75. The average molecular weight is 341 g/mol. The molecule has 22 heavy (non-hydrogen) atoms. The van der Waals surface area contributed by atoms with Crippen LogP contribution in [0.5, 0.6) is 5.75 Å². The summed E-state index contributed by atoms with van der Waals surface area (Å²) in [7, 11) is -3.70. The SMILES string of the molecule is Cc1ccc(S(=O)(=O)OCCCOc2ccc(Cl)cc2)cc1. The molecule has 0 radical (unpaired) electrons. The van der Waals surface area contributed by atoms with Gasteiger partial charge >= 0.3 is 0 Å². The summed E-state index contributed by atoms with van der Waals surface area (Å²) in [5.74, 6) is 0.686. The van der Waals surface area contributed by atoms with Gasteiger partial charge in [0.1, 0.15) is 5.75 Å². The van der Waals surface area contributed by atoms with Gasteiger partial charge in [-0.2, -0.15) is 8.42 Å². The van der Waals surface area contributed by atoms with Crippen LogP contribution in [0.25, 0.3) is 0 Å². The predicted octanol–water partition coefficient (Wildman–Crippen LogP) is 3.82. The van der Waals surface area contributed by atoms with Crippen molar-refractivity contribution in [3.8, 4) is 5.75 Å². The molecule has 0 aliphatic heterocycles. The van der Waals surface area contributed by atoms with Crippen LogP contribution in [0.3, 0.4) is 0 Å². The van der Waals surface area contributed by atoms with Crippen LogP contribution in [0.15, 0.2) is 53.4 Å². The molecule has 0 amide bonds. The van der Waals surface area contributed by atoms with Crippen molar-refractivity contribution in [2.24, 2.45) is 0 Å². The largest absolute Gasteiger partial charge is 0.494 e. The zero-order valence-electron chi connectivity index (χ0n) is 12.2. The third-order valence-corrected chi connectivity index (χ3v) is 4.50. The second kappa shape index (κ2) is 7.63. The molecule has 6 heteroatoms. The fraction of sp³-hybridized carbons (Fsp3) is 0.250. The Balaban J connectivity index is 1.76. The van der Waals surface area contributed by atoms with Crippen molar-refractivity contribution in [1.29, 1.82) is 0 Å². The van der Waals surface area contributed by atoms with E-state index in [1.165, 1.54) is 12.1 Å². The minimum absolute atomic E-state index is 0.0732. The van der Waals surface area contributed by atoms with Crippen molar-refractivity contribution >= 4 is 21.7 Å². The van der Waals surface area contributed by atoms with E-state index in [0.29, 0.717) is 23.8 Å². The van der Waals surface area contributed by atoms with E-state index >= 15 is 0 Å². The molecule has 0 aromatic heterocycles. The summed E-state index contributed by atoms with van der Waals surface area (Å²) in [6, 6.07) is 13.5. The number of hydrogen-bond donors (Lipinski definition) is 0. The van der Waals surface area contributed by atoms with Crippen LogP contribution < -0.4 is 4.74 Å². The summed E-state index contributed by atoms with van der Waals surface area (Å²) in [4.78, 5) is 0.164. The Morgan fingerprint density at radius 2 is 1.59 bits per heavy atom. The lowest BCUT2D eigenvalue weighted by molar-refractivity contribution is 0.250. The Labute approximate surface area is 135 Å². The maximum Gasteiger partial charge on any atom is 0.296 e. The molecule has 0 atom stereocenters. The highest BCUT2D eigenvalue weighted by molar-refractivity contribution is 7.86. The van der Waals surface area contributed by atoms with Crippen molar-refractivity contribution in [3.05, 3.63) is 59.1 Å². The van der Waals surface area contributed by atoms with Crippen LogP contribution in [0, 0.1) is 6.92 Å². The minimum atomic E-state index is -3.70. The van der Waals surface area contributed by atoms with E-state index in [9.17, 15) is 8.42 Å². The molecule has 0 fully saturated rings. The van der Waals surface area contributed by atoms with E-state index < -0.39 is 10.1 Å². The maximum atomic E-state index is 11.9. The third kappa shape index (κ3) is 5.02. The Morgan fingerprint density at radius 1 is 0.955 bits per heavy atom. The molecule has 2 aromatic carbocycles. The van der Waals surface area contributed by atoms with Crippen LogP contribution in [-0.2, 0) is 14.3 Å². The molecule has 0 aliphatic rings. The molecule has 118 valence electrons. The molecule has 0 saturated carbocycles. The zero-order valence-corrected chi connectivity index (χ0v) is 13.7. The maximum absolute atomic E-state index is 11.9. The molecule has 0 spiro atoms. The van der Waals surface area contributed by atoms with E-state index in [4.69, 9.17) is 20.5 Å². The Kier molecular flexibility index (Phi) is 5.83. The van der Waals surface area contributed by atoms with E-state index in [1.807, 2.05) is 6.92 Å². The van der Waals surface area contributed by atoms with Crippen LogP contribution >= 0.6 is 11.6 Å². The monoisotopic (exact) mass is 340 g/mol. The lowest BCUT2D eigenvalue weighted by Crippen LogP contribution is -2.10. The van der Waals surface area contributed by atoms with E-state index in [0.717, 1.165) is 5.56 Å². The minimum Gasteiger partial charge on any atom is -0.494 e. The van der Waals surface area contributed by atoms with Crippen molar-refractivity contribution < 1.29 is 17.3 Å². The zero-order chi connectivity index (χ0) is 16.0. The number of benzene rings is 2. The predicted molar refractivity (Wildman–Crippen MR) is 85.9 cm³/mol. The Bertz CT molecular complexity index is 694. The van der Waals surface area contributed by atoms with E-state index in [-0.39, 0.29) is 11.5 Å². The lowest BCUT2D eigenvalue weighted by atomic mass is 10.2. The van der Waals surface area contributed by atoms with Gasteiger partial charge in [-0.05, 0) is 43.3 Å². The molecule has 0 saturated heterocycles. The first-order valence-corrected chi connectivity index (χ1v) is 8.60. The van der Waals surface area contributed by atoms with Gasteiger partial charge in [-0.25, -0.2) is 0 Å². The fourth-order valence-electron chi connectivity index (χ4n) is 1.72. The first kappa shape index (κ1) is 16.8. The molecule has 0 unspecified atom stereocenters. The Hall–Kier alpha value is -1.56. The molecule has 4 nitrogen and oxygen atoms in total.